The molecule has 0 spiro atoms. The summed E-state index contributed by atoms with van der Waals surface area (Å²) in [6.45, 7) is 1.71. The first kappa shape index (κ1) is 13.5. The minimum atomic E-state index is -0.526. The largest absolute Gasteiger partial charge is 0.467 e. The molecule has 0 aromatic carbocycles. The van der Waals surface area contributed by atoms with Crippen LogP contribution in [0, 0.1) is 0 Å². The number of carbonyl (C=O) groups excluding carboxylic acids is 2. The zero-order chi connectivity index (χ0) is 13.8. The van der Waals surface area contributed by atoms with E-state index in [4.69, 9.17) is 4.74 Å². The van der Waals surface area contributed by atoms with Crippen LogP contribution in [0.5, 0.6) is 0 Å². The first-order valence-corrected chi connectivity index (χ1v) is 6.41. The van der Waals surface area contributed by atoms with Crippen LogP contribution >= 0.6 is 0 Å². The molecule has 0 saturated heterocycles. The number of esters is 1. The second kappa shape index (κ2) is 5.82. The average Bonchev–Trinajstić information content (AvgIpc) is 3.23. The third-order valence-corrected chi connectivity index (χ3v) is 3.27. The summed E-state index contributed by atoms with van der Waals surface area (Å²) >= 11 is 0. The molecule has 0 N–H and O–H groups in total. The summed E-state index contributed by atoms with van der Waals surface area (Å²) in [5.74, 6) is -0.417. The van der Waals surface area contributed by atoms with Gasteiger partial charge in [0, 0.05) is 18.4 Å². The van der Waals surface area contributed by atoms with Gasteiger partial charge in [-0.3, -0.25) is 9.78 Å². The zero-order valence-corrected chi connectivity index (χ0v) is 11.2. The highest BCUT2D eigenvalue weighted by atomic mass is 16.5. The summed E-state index contributed by atoms with van der Waals surface area (Å²) in [6, 6.07) is 3.31. The normalized spacial score (nSPS) is 15.7. The van der Waals surface area contributed by atoms with Crippen LogP contribution in [0.1, 0.15) is 25.3 Å². The maximum absolute atomic E-state index is 12.3. The lowest BCUT2D eigenvalue weighted by atomic mass is 10.1. The van der Waals surface area contributed by atoms with E-state index in [1.165, 1.54) is 7.11 Å². The lowest BCUT2D eigenvalue weighted by molar-refractivity contribution is -0.152. The van der Waals surface area contributed by atoms with E-state index in [9.17, 15) is 9.59 Å². The van der Waals surface area contributed by atoms with Crippen molar-refractivity contribution in [2.45, 2.75) is 38.3 Å². The fourth-order valence-corrected chi connectivity index (χ4v) is 2.14. The average molecular weight is 262 g/mol. The van der Waals surface area contributed by atoms with Gasteiger partial charge in [0.15, 0.2) is 0 Å². The monoisotopic (exact) mass is 262 g/mol. The molecule has 1 aromatic heterocycles. The van der Waals surface area contributed by atoms with Crippen molar-refractivity contribution in [3.63, 3.8) is 0 Å². The van der Waals surface area contributed by atoms with Crippen molar-refractivity contribution < 1.29 is 14.3 Å². The SMILES string of the molecule is COC(=O)C(C)N(C(=O)Cc1cccnc1)C1CC1. The number of nitrogens with zero attached hydrogens (tertiary/aromatic N) is 2. The maximum Gasteiger partial charge on any atom is 0.328 e. The first-order valence-electron chi connectivity index (χ1n) is 6.41. The molecule has 2 rings (SSSR count). The predicted molar refractivity (Wildman–Crippen MR) is 69.3 cm³/mol. The van der Waals surface area contributed by atoms with Crippen molar-refractivity contribution in [2.75, 3.05) is 7.11 Å². The Hall–Kier alpha value is -1.91. The molecule has 1 amide bonds. The van der Waals surface area contributed by atoms with Crippen LogP contribution < -0.4 is 0 Å². The van der Waals surface area contributed by atoms with Crippen molar-refractivity contribution in [3.05, 3.63) is 30.1 Å². The highest BCUT2D eigenvalue weighted by Gasteiger charge is 2.38. The minimum absolute atomic E-state index is 0.0478. The predicted octanol–water partition coefficient (Wildman–Crippen LogP) is 1.18. The van der Waals surface area contributed by atoms with Crippen molar-refractivity contribution in [1.29, 1.82) is 0 Å². The van der Waals surface area contributed by atoms with Crippen LogP contribution in [0.4, 0.5) is 0 Å². The topological polar surface area (TPSA) is 59.5 Å². The molecule has 1 saturated carbocycles. The second-order valence-corrected chi connectivity index (χ2v) is 4.77. The molecule has 1 heterocycles. The van der Waals surface area contributed by atoms with Crippen molar-refractivity contribution in [3.8, 4) is 0 Å². The molecule has 0 aliphatic heterocycles. The van der Waals surface area contributed by atoms with Crippen molar-refractivity contribution >= 4 is 11.9 Å². The van der Waals surface area contributed by atoms with E-state index >= 15 is 0 Å². The van der Waals surface area contributed by atoms with Gasteiger partial charge in [-0.15, -0.1) is 0 Å². The van der Waals surface area contributed by atoms with Gasteiger partial charge < -0.3 is 9.64 Å². The Morgan fingerprint density at radius 3 is 2.79 bits per heavy atom. The number of methoxy groups -OCH3 is 1. The zero-order valence-electron chi connectivity index (χ0n) is 11.2. The molecule has 1 atom stereocenters. The summed E-state index contributed by atoms with van der Waals surface area (Å²) in [4.78, 5) is 29.6. The molecule has 5 nitrogen and oxygen atoms in total. The van der Waals surface area contributed by atoms with Gasteiger partial charge in [-0.2, -0.15) is 0 Å². The molecule has 1 aliphatic rings. The Morgan fingerprint density at radius 2 is 2.26 bits per heavy atom. The Labute approximate surface area is 112 Å². The third kappa shape index (κ3) is 3.30. The van der Waals surface area contributed by atoms with E-state index in [0.717, 1.165) is 18.4 Å². The number of hydrogen-bond donors (Lipinski definition) is 0. The van der Waals surface area contributed by atoms with Gasteiger partial charge in [0.05, 0.1) is 13.5 Å². The van der Waals surface area contributed by atoms with E-state index in [1.807, 2.05) is 6.07 Å². The van der Waals surface area contributed by atoms with E-state index < -0.39 is 6.04 Å². The van der Waals surface area contributed by atoms with Crippen LogP contribution in [-0.2, 0) is 20.7 Å². The quantitative estimate of drug-likeness (QED) is 0.748. The van der Waals surface area contributed by atoms with Gasteiger partial charge in [0.1, 0.15) is 6.04 Å². The second-order valence-electron chi connectivity index (χ2n) is 4.77. The van der Waals surface area contributed by atoms with Crippen LogP contribution in [0.25, 0.3) is 0 Å². The fourth-order valence-electron chi connectivity index (χ4n) is 2.14. The molecule has 1 aliphatic carbocycles. The Balaban J connectivity index is 2.07. The summed E-state index contributed by atoms with van der Waals surface area (Å²) in [6.07, 6.45) is 5.53. The van der Waals surface area contributed by atoms with Crippen LogP contribution in [0.15, 0.2) is 24.5 Å². The molecule has 1 aromatic rings. The van der Waals surface area contributed by atoms with Gasteiger partial charge in [-0.1, -0.05) is 6.07 Å². The minimum Gasteiger partial charge on any atom is -0.467 e. The Bertz CT molecular complexity index is 457. The molecule has 0 radical (unpaired) electrons. The molecule has 19 heavy (non-hydrogen) atoms. The van der Waals surface area contributed by atoms with Gasteiger partial charge in [0.2, 0.25) is 5.91 Å². The van der Waals surface area contributed by atoms with Crippen LogP contribution in [0.2, 0.25) is 0 Å². The first-order chi connectivity index (χ1) is 9.13. The summed E-state index contributed by atoms with van der Waals surface area (Å²) in [7, 11) is 1.34. The number of ether oxygens (including phenoxy) is 1. The van der Waals surface area contributed by atoms with Crippen molar-refractivity contribution in [2.24, 2.45) is 0 Å². The maximum atomic E-state index is 12.3. The fraction of sp³-hybridized carbons (Fsp3) is 0.500. The Morgan fingerprint density at radius 1 is 1.53 bits per heavy atom. The number of pyridine rings is 1. The molecule has 0 bridgehead atoms. The number of amides is 1. The van der Waals surface area contributed by atoms with Gasteiger partial charge in [0.25, 0.3) is 0 Å². The lowest BCUT2D eigenvalue weighted by Gasteiger charge is -2.27. The van der Waals surface area contributed by atoms with E-state index in [0.29, 0.717) is 0 Å². The third-order valence-electron chi connectivity index (χ3n) is 3.27. The molecular weight excluding hydrogens is 244 g/mol. The number of carbonyl (C=O) groups is 2. The van der Waals surface area contributed by atoms with E-state index in [1.54, 1.807) is 30.3 Å². The lowest BCUT2D eigenvalue weighted by Crippen LogP contribution is -2.45. The Kier molecular flexibility index (Phi) is 4.14. The molecule has 1 fully saturated rings. The summed E-state index contributed by atoms with van der Waals surface area (Å²) < 4.78 is 4.73. The van der Waals surface area contributed by atoms with E-state index in [-0.39, 0.29) is 24.3 Å². The van der Waals surface area contributed by atoms with Gasteiger partial charge >= 0.3 is 5.97 Å². The van der Waals surface area contributed by atoms with Crippen LogP contribution in [-0.4, -0.2) is 41.0 Å². The highest BCUT2D eigenvalue weighted by Crippen LogP contribution is 2.29. The van der Waals surface area contributed by atoms with Gasteiger partial charge in [-0.05, 0) is 31.4 Å². The van der Waals surface area contributed by atoms with E-state index in [2.05, 4.69) is 4.98 Å². The highest BCUT2D eigenvalue weighted by molar-refractivity contribution is 5.86. The molecule has 1 unspecified atom stereocenters. The number of aromatic nitrogens is 1. The van der Waals surface area contributed by atoms with Gasteiger partial charge in [-0.25, -0.2) is 4.79 Å². The molecule has 5 heteroatoms. The standard InChI is InChI=1S/C14H18N2O3/c1-10(14(18)19-2)16(12-5-6-12)13(17)8-11-4-3-7-15-9-11/h3-4,7,9-10,12H,5-6,8H2,1-2H3. The van der Waals surface area contributed by atoms with Crippen LogP contribution in [0.3, 0.4) is 0 Å². The summed E-state index contributed by atoms with van der Waals surface area (Å²) in [5.41, 5.74) is 0.857. The number of hydrogen-bond acceptors (Lipinski definition) is 4. The summed E-state index contributed by atoms with van der Waals surface area (Å²) in [5, 5.41) is 0. The molecule has 102 valence electrons. The van der Waals surface area contributed by atoms with Crippen molar-refractivity contribution in [1.82, 2.24) is 9.88 Å². The number of rotatable bonds is 5. The molecular formula is C14H18N2O3. The smallest absolute Gasteiger partial charge is 0.328 e.